The summed E-state index contributed by atoms with van der Waals surface area (Å²) >= 11 is 0. The second kappa shape index (κ2) is 1.81. The zero-order valence-electron chi connectivity index (χ0n) is 4.70. The molecule has 0 aliphatic carbocycles. The third-order valence-corrected chi connectivity index (χ3v) is 0.952. The summed E-state index contributed by atoms with van der Waals surface area (Å²) in [4.78, 5) is 0. The first-order valence-corrected chi connectivity index (χ1v) is 2.42. The number of pyridine rings is 1. The van der Waals surface area contributed by atoms with Gasteiger partial charge in [-0.15, -0.1) is 0 Å². The molecule has 0 amide bonds. The molecule has 0 spiro atoms. The Balaban J connectivity index is 3.34. The molecule has 0 aromatic carbocycles. The molecule has 1 aromatic heterocycles. The number of nitrogen functional groups attached to an aromatic ring is 1. The van der Waals surface area contributed by atoms with Crippen LogP contribution in [-0.4, -0.2) is 9.94 Å². The van der Waals surface area contributed by atoms with Crippen LogP contribution in [0.2, 0.25) is 0 Å². The van der Waals surface area contributed by atoms with E-state index >= 15 is 0 Å². The first-order chi connectivity index (χ1) is 4.20. The minimum atomic E-state index is 0.0178. The molecule has 1 aromatic rings. The Bertz CT molecular complexity index is 265. The maximum absolute atomic E-state index is 8.75. The van der Waals surface area contributed by atoms with Crippen LogP contribution in [0.5, 0.6) is 0 Å². The topological polar surface area (TPSA) is 75.0 Å². The minimum absolute atomic E-state index is 0.0178. The van der Waals surface area contributed by atoms with Crippen LogP contribution >= 0.6 is 0 Å². The zero-order valence-corrected chi connectivity index (χ0v) is 4.70. The molecule has 1 heterocycles. The predicted molar refractivity (Wildman–Crippen MR) is 31.9 cm³/mol. The smallest absolute Gasteiger partial charge is 0.160 e. The molecule has 48 valence electrons. The third-order valence-electron chi connectivity index (χ3n) is 0.952. The highest BCUT2D eigenvalue weighted by atomic mass is 16.5. The summed E-state index contributed by atoms with van der Waals surface area (Å²) in [5.41, 5.74) is 5.72. The largest absolute Gasteiger partial charge is 0.427 e. The average molecular weight is 125 g/mol. The van der Waals surface area contributed by atoms with Gasteiger partial charge in [0.2, 0.25) is 0 Å². The molecular weight excluding hydrogens is 118 g/mol. The summed E-state index contributed by atoms with van der Waals surface area (Å²) in [6.45, 7) is 0. The molecule has 0 atom stereocenters. The number of hydrogen-bond donors (Lipinski definition) is 3. The van der Waals surface area contributed by atoms with Crippen molar-refractivity contribution in [2.75, 3.05) is 5.73 Å². The van der Waals surface area contributed by atoms with E-state index in [-0.39, 0.29) is 5.49 Å². The van der Waals surface area contributed by atoms with Crippen LogP contribution < -0.4 is 11.2 Å². The van der Waals surface area contributed by atoms with E-state index in [2.05, 4.69) is 0 Å². The molecule has 0 fully saturated rings. The Morgan fingerprint density at radius 2 is 2.22 bits per heavy atom. The maximum atomic E-state index is 8.75. The van der Waals surface area contributed by atoms with Gasteiger partial charge in [-0.3, -0.25) is 5.41 Å². The van der Waals surface area contributed by atoms with Crippen LogP contribution in [0.3, 0.4) is 0 Å². The van der Waals surface area contributed by atoms with Crippen molar-refractivity contribution in [1.29, 1.82) is 5.41 Å². The number of rotatable bonds is 0. The summed E-state index contributed by atoms with van der Waals surface area (Å²) in [5.74, 6) is 0. The number of aromatic nitrogens is 1. The van der Waals surface area contributed by atoms with Crippen LogP contribution in [0.4, 0.5) is 5.69 Å². The van der Waals surface area contributed by atoms with Crippen molar-refractivity contribution in [2.24, 2.45) is 0 Å². The van der Waals surface area contributed by atoms with Crippen LogP contribution in [0, 0.1) is 5.41 Å². The standard InChI is InChI=1S/C5H7N3O/c6-4-1-2-5(7)8(9)3-4/h1-3,7,9H,6H2. The van der Waals surface area contributed by atoms with Gasteiger partial charge in [-0.05, 0) is 12.1 Å². The summed E-state index contributed by atoms with van der Waals surface area (Å²) in [6, 6.07) is 2.96. The van der Waals surface area contributed by atoms with E-state index in [4.69, 9.17) is 16.4 Å². The molecule has 1 rings (SSSR count). The number of nitrogens with two attached hydrogens (primary N) is 1. The van der Waals surface area contributed by atoms with Crippen molar-refractivity contribution in [3.8, 4) is 0 Å². The summed E-state index contributed by atoms with van der Waals surface area (Å²) in [7, 11) is 0. The van der Waals surface area contributed by atoms with Gasteiger partial charge in [0.1, 0.15) is 0 Å². The molecular formula is C5H7N3O. The minimum Gasteiger partial charge on any atom is -0.427 e. The number of hydrogen-bond acceptors (Lipinski definition) is 3. The van der Waals surface area contributed by atoms with Crippen LogP contribution in [0.1, 0.15) is 0 Å². The van der Waals surface area contributed by atoms with Crippen molar-refractivity contribution in [3.05, 3.63) is 23.8 Å². The SMILES string of the molecule is N=c1ccc(N)cn1O. The van der Waals surface area contributed by atoms with E-state index in [1.807, 2.05) is 0 Å². The fourth-order valence-corrected chi connectivity index (χ4v) is 0.505. The Morgan fingerprint density at radius 3 is 2.67 bits per heavy atom. The van der Waals surface area contributed by atoms with Crippen LogP contribution in [-0.2, 0) is 0 Å². The highest BCUT2D eigenvalue weighted by molar-refractivity contribution is 5.32. The van der Waals surface area contributed by atoms with E-state index in [0.717, 1.165) is 0 Å². The van der Waals surface area contributed by atoms with Gasteiger partial charge in [0.05, 0.1) is 11.9 Å². The molecule has 0 aliphatic heterocycles. The summed E-state index contributed by atoms with van der Waals surface area (Å²) in [6.07, 6.45) is 1.27. The molecule has 9 heavy (non-hydrogen) atoms. The van der Waals surface area contributed by atoms with Gasteiger partial charge in [0, 0.05) is 0 Å². The lowest BCUT2D eigenvalue weighted by atomic mass is 10.4. The predicted octanol–water partition coefficient (Wildman–Crippen LogP) is -0.213. The number of anilines is 1. The van der Waals surface area contributed by atoms with Crippen molar-refractivity contribution in [2.45, 2.75) is 0 Å². The first kappa shape index (κ1) is 5.68. The second-order valence-corrected chi connectivity index (χ2v) is 1.69. The van der Waals surface area contributed by atoms with Gasteiger partial charge in [-0.25, -0.2) is 0 Å². The lowest BCUT2D eigenvalue weighted by Gasteiger charge is -1.95. The van der Waals surface area contributed by atoms with Crippen LogP contribution in [0.25, 0.3) is 0 Å². The van der Waals surface area contributed by atoms with Gasteiger partial charge in [0.15, 0.2) is 5.49 Å². The van der Waals surface area contributed by atoms with Crippen molar-refractivity contribution in [1.82, 2.24) is 4.73 Å². The Hall–Kier alpha value is -1.45. The van der Waals surface area contributed by atoms with Gasteiger partial charge in [-0.2, -0.15) is 4.73 Å². The monoisotopic (exact) mass is 125 g/mol. The van der Waals surface area contributed by atoms with Crippen molar-refractivity contribution in [3.63, 3.8) is 0 Å². The summed E-state index contributed by atoms with van der Waals surface area (Å²) < 4.78 is 0.662. The van der Waals surface area contributed by atoms with E-state index in [9.17, 15) is 0 Å². The lowest BCUT2D eigenvalue weighted by molar-refractivity contribution is 0.171. The molecule has 4 heteroatoms. The van der Waals surface area contributed by atoms with Crippen molar-refractivity contribution < 1.29 is 5.21 Å². The first-order valence-electron chi connectivity index (χ1n) is 2.42. The zero-order chi connectivity index (χ0) is 6.85. The van der Waals surface area contributed by atoms with E-state index in [1.165, 1.54) is 12.3 Å². The number of nitrogens with one attached hydrogen (secondary N) is 1. The van der Waals surface area contributed by atoms with Gasteiger partial charge >= 0.3 is 0 Å². The van der Waals surface area contributed by atoms with Crippen molar-refractivity contribution >= 4 is 5.69 Å². The van der Waals surface area contributed by atoms with E-state index in [1.54, 1.807) is 6.07 Å². The third kappa shape index (κ3) is 1.02. The molecule has 4 nitrogen and oxygen atoms in total. The molecule has 4 N–H and O–H groups in total. The van der Waals surface area contributed by atoms with Gasteiger partial charge in [-0.1, -0.05) is 0 Å². The fraction of sp³-hybridized carbons (Fsp3) is 0. The molecule has 0 radical (unpaired) electrons. The van der Waals surface area contributed by atoms with Gasteiger partial charge in [0.25, 0.3) is 0 Å². The lowest BCUT2D eigenvalue weighted by Crippen LogP contribution is -2.15. The highest BCUT2D eigenvalue weighted by Gasteiger charge is 1.85. The van der Waals surface area contributed by atoms with E-state index < -0.39 is 0 Å². The Labute approximate surface area is 51.6 Å². The van der Waals surface area contributed by atoms with Gasteiger partial charge < -0.3 is 10.9 Å². The molecule has 0 saturated heterocycles. The fourth-order valence-electron chi connectivity index (χ4n) is 0.505. The Morgan fingerprint density at radius 1 is 1.56 bits per heavy atom. The maximum Gasteiger partial charge on any atom is 0.160 e. The normalized spacial score (nSPS) is 9.33. The average Bonchev–Trinajstić information content (AvgIpc) is 1.80. The number of nitrogens with zero attached hydrogens (tertiary/aromatic N) is 1. The quantitative estimate of drug-likeness (QED) is 0.419. The van der Waals surface area contributed by atoms with E-state index in [0.29, 0.717) is 10.4 Å². The van der Waals surface area contributed by atoms with Crippen LogP contribution in [0.15, 0.2) is 18.3 Å². The molecule has 0 bridgehead atoms. The molecule has 0 unspecified atom stereocenters. The molecule has 0 aliphatic rings. The summed E-state index contributed by atoms with van der Waals surface area (Å²) in [5, 5.41) is 15.7. The second-order valence-electron chi connectivity index (χ2n) is 1.69. The molecule has 0 saturated carbocycles. The Kier molecular flexibility index (Phi) is 1.14. The highest BCUT2D eigenvalue weighted by Crippen LogP contribution is 1.91.